The molecular formula is C11H14FN3O5. The van der Waals surface area contributed by atoms with E-state index in [1.54, 1.807) is 0 Å². The summed E-state index contributed by atoms with van der Waals surface area (Å²) in [6.45, 7) is 0.692. The molecule has 20 heavy (non-hydrogen) atoms. The van der Waals surface area contributed by atoms with Crippen molar-refractivity contribution in [2.45, 2.75) is 31.5 Å². The molecule has 2 heterocycles. The zero-order valence-corrected chi connectivity index (χ0v) is 10.6. The van der Waals surface area contributed by atoms with Crippen LogP contribution in [0.15, 0.2) is 17.1 Å². The van der Waals surface area contributed by atoms with Crippen LogP contribution >= 0.6 is 0 Å². The molecule has 8 nitrogen and oxygen atoms in total. The van der Waals surface area contributed by atoms with Crippen LogP contribution in [0.1, 0.15) is 13.2 Å². The number of nitrogens with one attached hydrogen (secondary N) is 1. The van der Waals surface area contributed by atoms with Crippen LogP contribution in [-0.4, -0.2) is 50.7 Å². The maximum absolute atomic E-state index is 13.9. The molecule has 3 N–H and O–H groups in total. The standard InChI is InChI=1S/C11H14FN3O5/c1-5(17)13-7-2-3-15(11(19)14-7)10-8(12)9(18)6(4-16)20-10/h2-3,6,8-10,16,18H,4H2,1H3,(H,13,14,17,19)/t6-,8+,9?,10-/m1/s1. The van der Waals surface area contributed by atoms with E-state index in [9.17, 15) is 19.1 Å². The molecule has 1 aliphatic rings. The lowest BCUT2D eigenvalue weighted by Gasteiger charge is -2.15. The Labute approximate surface area is 112 Å². The Bertz CT molecular complexity index is 563. The van der Waals surface area contributed by atoms with Crippen molar-refractivity contribution in [3.63, 3.8) is 0 Å². The van der Waals surface area contributed by atoms with Crippen molar-refractivity contribution < 1.29 is 24.1 Å². The van der Waals surface area contributed by atoms with Crippen molar-refractivity contribution >= 4 is 11.7 Å². The number of rotatable bonds is 3. The van der Waals surface area contributed by atoms with Crippen LogP contribution in [0.25, 0.3) is 0 Å². The van der Waals surface area contributed by atoms with Crippen LogP contribution in [-0.2, 0) is 9.53 Å². The summed E-state index contributed by atoms with van der Waals surface area (Å²) in [4.78, 5) is 26.2. The molecular weight excluding hydrogens is 273 g/mol. The number of ether oxygens (including phenoxy) is 1. The van der Waals surface area contributed by atoms with E-state index in [2.05, 4.69) is 10.3 Å². The van der Waals surface area contributed by atoms with Crippen LogP contribution in [0.2, 0.25) is 0 Å². The fraction of sp³-hybridized carbons (Fsp3) is 0.545. The number of amides is 1. The SMILES string of the molecule is CC(=O)Nc1ccn([C@@H]2O[C@H](CO)C(O)[C@@H]2F)c(=O)n1. The summed E-state index contributed by atoms with van der Waals surface area (Å²) in [7, 11) is 0. The third kappa shape index (κ3) is 2.69. The van der Waals surface area contributed by atoms with E-state index in [1.807, 2.05) is 0 Å². The molecule has 1 saturated heterocycles. The molecule has 0 bridgehead atoms. The van der Waals surface area contributed by atoms with Crippen molar-refractivity contribution in [3.8, 4) is 0 Å². The number of aliphatic hydroxyl groups excluding tert-OH is 2. The number of nitrogens with zero attached hydrogens (tertiary/aromatic N) is 2. The van der Waals surface area contributed by atoms with Gasteiger partial charge in [0.05, 0.1) is 6.61 Å². The minimum atomic E-state index is -1.86. The Balaban J connectivity index is 2.26. The van der Waals surface area contributed by atoms with E-state index in [1.165, 1.54) is 19.2 Å². The zero-order chi connectivity index (χ0) is 14.9. The number of aliphatic hydroxyl groups is 2. The summed E-state index contributed by atoms with van der Waals surface area (Å²) in [5.74, 6) is -0.364. The molecule has 1 fully saturated rings. The highest BCUT2D eigenvalue weighted by Gasteiger charge is 2.45. The van der Waals surface area contributed by atoms with Gasteiger partial charge in [0.1, 0.15) is 18.0 Å². The van der Waals surface area contributed by atoms with Crippen molar-refractivity contribution in [1.29, 1.82) is 0 Å². The lowest BCUT2D eigenvalue weighted by molar-refractivity contribution is -0.114. The number of aromatic nitrogens is 2. The molecule has 0 spiro atoms. The molecule has 9 heteroatoms. The van der Waals surface area contributed by atoms with Gasteiger partial charge in [-0.3, -0.25) is 9.36 Å². The first-order valence-corrected chi connectivity index (χ1v) is 5.89. The first-order chi connectivity index (χ1) is 9.43. The molecule has 0 aliphatic carbocycles. The van der Waals surface area contributed by atoms with Gasteiger partial charge in [-0.25, -0.2) is 9.18 Å². The number of carbonyl (C=O) groups is 1. The molecule has 0 saturated carbocycles. The van der Waals surface area contributed by atoms with Crippen molar-refractivity contribution in [3.05, 3.63) is 22.7 Å². The summed E-state index contributed by atoms with van der Waals surface area (Å²) >= 11 is 0. The summed E-state index contributed by atoms with van der Waals surface area (Å²) in [5, 5.41) is 20.7. The second kappa shape index (κ2) is 5.65. The van der Waals surface area contributed by atoms with Gasteiger partial charge in [-0.1, -0.05) is 0 Å². The molecule has 1 aromatic rings. The molecule has 0 aromatic carbocycles. The summed E-state index contributed by atoms with van der Waals surface area (Å²) in [5.41, 5.74) is -0.838. The van der Waals surface area contributed by atoms with E-state index in [0.29, 0.717) is 0 Å². The number of anilines is 1. The Morgan fingerprint density at radius 3 is 2.85 bits per heavy atom. The first-order valence-electron chi connectivity index (χ1n) is 5.89. The van der Waals surface area contributed by atoms with Crippen LogP contribution < -0.4 is 11.0 Å². The van der Waals surface area contributed by atoms with Gasteiger partial charge in [-0.2, -0.15) is 4.98 Å². The molecule has 1 unspecified atom stereocenters. The Morgan fingerprint density at radius 2 is 2.35 bits per heavy atom. The zero-order valence-electron chi connectivity index (χ0n) is 10.6. The average Bonchev–Trinajstić information content (AvgIpc) is 2.66. The van der Waals surface area contributed by atoms with Crippen LogP contribution in [0.4, 0.5) is 10.2 Å². The Morgan fingerprint density at radius 1 is 1.65 bits per heavy atom. The highest BCUT2D eigenvalue weighted by atomic mass is 19.1. The molecule has 4 atom stereocenters. The van der Waals surface area contributed by atoms with E-state index < -0.39 is 42.8 Å². The van der Waals surface area contributed by atoms with Crippen molar-refractivity contribution in [2.24, 2.45) is 0 Å². The van der Waals surface area contributed by atoms with Crippen molar-refractivity contribution in [1.82, 2.24) is 9.55 Å². The number of halogens is 1. The fourth-order valence-electron chi connectivity index (χ4n) is 1.93. The van der Waals surface area contributed by atoms with Gasteiger partial charge in [0, 0.05) is 13.1 Å². The maximum Gasteiger partial charge on any atom is 0.351 e. The number of carbonyl (C=O) groups excluding carboxylic acids is 1. The second-order valence-electron chi connectivity index (χ2n) is 4.37. The van der Waals surface area contributed by atoms with E-state index in [0.717, 1.165) is 4.57 Å². The highest BCUT2D eigenvalue weighted by Crippen LogP contribution is 2.30. The predicted molar refractivity (Wildman–Crippen MR) is 64.7 cm³/mol. The smallest absolute Gasteiger partial charge is 0.351 e. The summed E-state index contributed by atoms with van der Waals surface area (Å²) in [6.07, 6.45) is -4.65. The number of hydrogen-bond acceptors (Lipinski definition) is 6. The topological polar surface area (TPSA) is 114 Å². The highest BCUT2D eigenvalue weighted by molar-refractivity contribution is 5.87. The van der Waals surface area contributed by atoms with Gasteiger partial charge < -0.3 is 20.3 Å². The van der Waals surface area contributed by atoms with Gasteiger partial charge in [0.25, 0.3) is 0 Å². The first kappa shape index (κ1) is 14.6. The molecule has 110 valence electrons. The number of alkyl halides is 1. The third-order valence-corrected chi connectivity index (χ3v) is 2.88. The van der Waals surface area contributed by atoms with E-state index in [4.69, 9.17) is 9.84 Å². The monoisotopic (exact) mass is 287 g/mol. The Kier molecular flexibility index (Phi) is 4.12. The predicted octanol–water partition coefficient (Wildman–Crippen LogP) is -1.21. The maximum atomic E-state index is 13.9. The van der Waals surface area contributed by atoms with E-state index >= 15 is 0 Å². The van der Waals surface area contributed by atoms with Gasteiger partial charge >= 0.3 is 5.69 Å². The number of hydrogen-bond donors (Lipinski definition) is 3. The lowest BCUT2D eigenvalue weighted by atomic mass is 10.1. The fourth-order valence-corrected chi connectivity index (χ4v) is 1.93. The van der Waals surface area contributed by atoms with E-state index in [-0.39, 0.29) is 5.82 Å². The minimum Gasteiger partial charge on any atom is -0.394 e. The Hall–Kier alpha value is -1.84. The van der Waals surface area contributed by atoms with Crippen LogP contribution in [0.3, 0.4) is 0 Å². The molecule has 1 amide bonds. The van der Waals surface area contributed by atoms with Crippen molar-refractivity contribution in [2.75, 3.05) is 11.9 Å². The third-order valence-electron chi connectivity index (χ3n) is 2.88. The summed E-state index contributed by atoms with van der Waals surface area (Å²) in [6, 6.07) is 1.30. The molecule has 2 rings (SSSR count). The largest absolute Gasteiger partial charge is 0.394 e. The lowest BCUT2D eigenvalue weighted by Crippen LogP contribution is -2.33. The minimum absolute atomic E-state index is 0.0337. The molecule has 1 aliphatic heterocycles. The molecule has 0 radical (unpaired) electrons. The second-order valence-corrected chi connectivity index (χ2v) is 4.37. The van der Waals surface area contributed by atoms with Gasteiger partial charge in [0.15, 0.2) is 12.4 Å². The van der Waals surface area contributed by atoms with Gasteiger partial charge in [-0.05, 0) is 6.07 Å². The average molecular weight is 287 g/mol. The van der Waals surface area contributed by atoms with Gasteiger partial charge in [-0.15, -0.1) is 0 Å². The molecule has 1 aromatic heterocycles. The normalized spacial score (nSPS) is 29.4. The van der Waals surface area contributed by atoms with Gasteiger partial charge in [0.2, 0.25) is 5.91 Å². The summed E-state index contributed by atoms with van der Waals surface area (Å²) < 4.78 is 19.8. The van der Waals surface area contributed by atoms with Crippen LogP contribution in [0.5, 0.6) is 0 Å². The van der Waals surface area contributed by atoms with Crippen LogP contribution in [0, 0.1) is 0 Å². The quantitative estimate of drug-likeness (QED) is 0.643.